The fraction of sp³-hybridized carbons (Fsp3) is 0.556. The lowest BCUT2D eigenvalue weighted by molar-refractivity contribution is -0.0246. The van der Waals surface area contributed by atoms with Gasteiger partial charge >= 0.3 is 5.69 Å². The largest absolute Gasteiger partial charge is 0.394 e. The third-order valence-electron chi connectivity index (χ3n) is 2.53. The number of nitrogen functional groups attached to an aromatic ring is 1. The Kier molecular flexibility index (Phi) is 3.27. The Morgan fingerprint density at radius 1 is 1.69 bits per heavy atom. The number of nitrogens with zero attached hydrogens (tertiary/aromatic N) is 2. The van der Waals surface area contributed by atoms with Crippen molar-refractivity contribution in [3.63, 3.8) is 0 Å². The van der Waals surface area contributed by atoms with Crippen molar-refractivity contribution >= 4 is 21.7 Å². The number of aliphatic hydroxyl groups excluding tert-OH is 1. The first-order chi connectivity index (χ1) is 7.61. The molecule has 0 aromatic carbocycles. The zero-order chi connectivity index (χ0) is 11.7. The maximum Gasteiger partial charge on any atom is 0.351 e. The van der Waals surface area contributed by atoms with E-state index in [-0.39, 0.29) is 24.8 Å². The second-order valence-corrected chi connectivity index (χ2v) is 4.49. The molecule has 0 spiro atoms. The van der Waals surface area contributed by atoms with Gasteiger partial charge in [-0.3, -0.25) is 4.57 Å². The van der Waals surface area contributed by atoms with Gasteiger partial charge < -0.3 is 15.6 Å². The van der Waals surface area contributed by atoms with Gasteiger partial charge in [0.05, 0.1) is 17.2 Å². The first-order valence-corrected chi connectivity index (χ1v) is 5.71. The minimum Gasteiger partial charge on any atom is -0.394 e. The fourth-order valence-electron chi connectivity index (χ4n) is 1.69. The van der Waals surface area contributed by atoms with Crippen molar-refractivity contribution in [3.8, 4) is 0 Å². The highest BCUT2D eigenvalue weighted by atomic mass is 79.9. The quantitative estimate of drug-likeness (QED) is 0.815. The molecule has 1 aromatic rings. The first-order valence-electron chi connectivity index (χ1n) is 4.92. The van der Waals surface area contributed by atoms with E-state index in [0.29, 0.717) is 10.9 Å². The number of hydrogen-bond donors (Lipinski definition) is 2. The number of nitrogens with two attached hydrogens (primary N) is 1. The molecular weight excluding hydrogens is 278 g/mol. The van der Waals surface area contributed by atoms with Crippen LogP contribution >= 0.6 is 15.9 Å². The number of rotatable bonds is 2. The Bertz CT molecular complexity index is 448. The van der Waals surface area contributed by atoms with Crippen LogP contribution in [-0.4, -0.2) is 27.4 Å². The van der Waals surface area contributed by atoms with Crippen molar-refractivity contribution < 1.29 is 9.84 Å². The van der Waals surface area contributed by atoms with Crippen LogP contribution in [0, 0.1) is 0 Å². The minimum atomic E-state index is -0.440. The van der Waals surface area contributed by atoms with E-state index in [1.54, 1.807) is 6.20 Å². The van der Waals surface area contributed by atoms with Crippen molar-refractivity contribution in [3.05, 3.63) is 21.2 Å². The highest BCUT2D eigenvalue weighted by Gasteiger charge is 2.27. The molecule has 2 rings (SSSR count). The van der Waals surface area contributed by atoms with Gasteiger partial charge in [-0.25, -0.2) is 4.79 Å². The maximum absolute atomic E-state index is 11.6. The average Bonchev–Trinajstić information content (AvgIpc) is 2.71. The van der Waals surface area contributed by atoms with Gasteiger partial charge in [0.25, 0.3) is 0 Å². The number of halogens is 1. The Morgan fingerprint density at radius 2 is 2.44 bits per heavy atom. The SMILES string of the molecule is Nc1nc(=O)n([C@H]2CC[C@@H](CO)O2)cc1Br. The fourth-order valence-corrected chi connectivity index (χ4v) is 2.00. The Labute approximate surface area is 100 Å². The lowest BCUT2D eigenvalue weighted by Gasteiger charge is -2.15. The molecule has 1 aromatic heterocycles. The molecule has 7 heteroatoms. The van der Waals surface area contributed by atoms with Gasteiger partial charge in [-0.1, -0.05) is 0 Å². The summed E-state index contributed by atoms with van der Waals surface area (Å²) in [4.78, 5) is 15.2. The lowest BCUT2D eigenvalue weighted by atomic mass is 10.2. The molecule has 0 bridgehead atoms. The van der Waals surface area contributed by atoms with Gasteiger partial charge in [0.1, 0.15) is 12.0 Å². The van der Waals surface area contributed by atoms with Crippen LogP contribution in [0.2, 0.25) is 0 Å². The minimum absolute atomic E-state index is 0.0329. The van der Waals surface area contributed by atoms with Crippen LogP contribution in [0.5, 0.6) is 0 Å². The van der Waals surface area contributed by atoms with Gasteiger partial charge in [0, 0.05) is 6.20 Å². The molecule has 1 fully saturated rings. The molecule has 88 valence electrons. The van der Waals surface area contributed by atoms with Crippen molar-refractivity contribution in [2.75, 3.05) is 12.3 Å². The zero-order valence-electron chi connectivity index (χ0n) is 8.47. The van der Waals surface area contributed by atoms with Crippen LogP contribution < -0.4 is 11.4 Å². The van der Waals surface area contributed by atoms with Gasteiger partial charge in [-0.15, -0.1) is 0 Å². The van der Waals surface area contributed by atoms with E-state index in [0.717, 1.165) is 6.42 Å². The van der Waals surface area contributed by atoms with Gasteiger partial charge in [-0.2, -0.15) is 4.98 Å². The van der Waals surface area contributed by atoms with Crippen LogP contribution in [0.25, 0.3) is 0 Å². The Hall–Kier alpha value is -0.920. The number of aromatic nitrogens is 2. The molecule has 6 nitrogen and oxygen atoms in total. The predicted molar refractivity (Wildman–Crippen MR) is 60.8 cm³/mol. The highest BCUT2D eigenvalue weighted by Crippen LogP contribution is 2.27. The van der Waals surface area contributed by atoms with E-state index in [1.165, 1.54) is 4.57 Å². The summed E-state index contributed by atoms with van der Waals surface area (Å²) in [6.45, 7) is -0.0329. The summed E-state index contributed by atoms with van der Waals surface area (Å²) < 4.78 is 7.43. The summed E-state index contributed by atoms with van der Waals surface area (Å²) in [5.41, 5.74) is 5.05. The lowest BCUT2D eigenvalue weighted by Crippen LogP contribution is -2.28. The molecular formula is C9H12BrN3O3. The summed E-state index contributed by atoms with van der Waals surface area (Å²) >= 11 is 3.21. The van der Waals surface area contributed by atoms with Gasteiger partial charge in [0.2, 0.25) is 0 Å². The van der Waals surface area contributed by atoms with Crippen molar-refractivity contribution in [2.24, 2.45) is 0 Å². The summed E-state index contributed by atoms with van der Waals surface area (Å²) in [5, 5.41) is 8.94. The monoisotopic (exact) mass is 289 g/mol. The van der Waals surface area contributed by atoms with Gasteiger partial charge in [0.15, 0.2) is 0 Å². The molecule has 16 heavy (non-hydrogen) atoms. The predicted octanol–water partition coefficient (Wildman–Crippen LogP) is 0.258. The first kappa shape index (κ1) is 11.6. The van der Waals surface area contributed by atoms with Crippen LogP contribution in [0.15, 0.2) is 15.5 Å². The molecule has 1 aliphatic heterocycles. The molecule has 3 N–H and O–H groups in total. The van der Waals surface area contributed by atoms with Crippen LogP contribution in [0.3, 0.4) is 0 Å². The third-order valence-corrected chi connectivity index (χ3v) is 3.14. The van der Waals surface area contributed by atoms with Crippen molar-refractivity contribution in [2.45, 2.75) is 25.2 Å². The van der Waals surface area contributed by atoms with Crippen LogP contribution in [-0.2, 0) is 4.74 Å². The number of anilines is 1. The number of hydrogen-bond acceptors (Lipinski definition) is 5. The van der Waals surface area contributed by atoms with Crippen LogP contribution in [0.1, 0.15) is 19.1 Å². The van der Waals surface area contributed by atoms with Crippen LogP contribution in [0.4, 0.5) is 5.82 Å². The van der Waals surface area contributed by atoms with E-state index >= 15 is 0 Å². The Balaban J connectivity index is 2.28. The number of aliphatic hydroxyl groups is 1. The summed E-state index contributed by atoms with van der Waals surface area (Å²) in [7, 11) is 0. The van der Waals surface area contributed by atoms with E-state index in [2.05, 4.69) is 20.9 Å². The molecule has 0 radical (unpaired) electrons. The molecule has 2 atom stereocenters. The summed E-state index contributed by atoms with van der Waals surface area (Å²) in [6.07, 6.45) is 2.41. The van der Waals surface area contributed by atoms with Crippen molar-refractivity contribution in [1.82, 2.24) is 9.55 Å². The zero-order valence-corrected chi connectivity index (χ0v) is 10.1. The second-order valence-electron chi connectivity index (χ2n) is 3.64. The van der Waals surface area contributed by atoms with E-state index < -0.39 is 5.69 Å². The summed E-state index contributed by atoms with van der Waals surface area (Å²) in [6, 6.07) is 0. The summed E-state index contributed by atoms with van der Waals surface area (Å²) in [5.74, 6) is 0.165. The Morgan fingerprint density at radius 3 is 3.06 bits per heavy atom. The standard InChI is InChI=1S/C9H12BrN3O3/c10-6-3-13(9(15)12-8(6)11)7-2-1-5(4-14)16-7/h3,5,7,14H,1-2,4H2,(H2,11,12,15)/t5-,7+/m0/s1. The molecule has 0 aliphatic carbocycles. The maximum atomic E-state index is 11.6. The van der Waals surface area contributed by atoms with E-state index in [4.69, 9.17) is 15.6 Å². The number of ether oxygens (including phenoxy) is 1. The van der Waals surface area contributed by atoms with Crippen molar-refractivity contribution in [1.29, 1.82) is 0 Å². The topological polar surface area (TPSA) is 90.4 Å². The average molecular weight is 290 g/mol. The van der Waals surface area contributed by atoms with E-state index in [9.17, 15) is 4.79 Å². The van der Waals surface area contributed by atoms with E-state index in [1.807, 2.05) is 0 Å². The normalized spacial score (nSPS) is 24.9. The second kappa shape index (κ2) is 4.52. The highest BCUT2D eigenvalue weighted by molar-refractivity contribution is 9.10. The molecule has 0 unspecified atom stereocenters. The smallest absolute Gasteiger partial charge is 0.351 e. The molecule has 2 heterocycles. The third kappa shape index (κ3) is 2.11. The molecule has 0 saturated carbocycles. The van der Waals surface area contributed by atoms with Gasteiger partial charge in [-0.05, 0) is 28.8 Å². The molecule has 1 saturated heterocycles. The molecule has 1 aliphatic rings. The molecule has 0 amide bonds.